The van der Waals surface area contributed by atoms with Crippen molar-refractivity contribution in [2.75, 3.05) is 20.3 Å². The van der Waals surface area contributed by atoms with Gasteiger partial charge in [-0.2, -0.15) is 0 Å². The van der Waals surface area contributed by atoms with Crippen molar-refractivity contribution < 1.29 is 19.1 Å². The van der Waals surface area contributed by atoms with Gasteiger partial charge in [0.1, 0.15) is 6.61 Å². The number of esters is 1. The Labute approximate surface area is 163 Å². The fraction of sp³-hybridized carbons (Fsp3) is 0.273. The van der Waals surface area contributed by atoms with Gasteiger partial charge in [0.25, 0.3) is 0 Å². The lowest BCUT2D eigenvalue weighted by molar-refractivity contribution is -0.137. The molecule has 1 amide bonds. The second kappa shape index (κ2) is 7.86. The van der Waals surface area contributed by atoms with E-state index in [0.717, 1.165) is 34.1 Å². The van der Waals surface area contributed by atoms with E-state index < -0.39 is 0 Å². The normalized spacial score (nSPS) is 13.4. The molecule has 0 aliphatic carbocycles. The third-order valence-corrected chi connectivity index (χ3v) is 5.09. The minimum absolute atomic E-state index is 0.0277. The summed E-state index contributed by atoms with van der Waals surface area (Å²) in [7, 11) is 1.37. The predicted molar refractivity (Wildman–Crippen MR) is 105 cm³/mol. The first-order chi connectivity index (χ1) is 13.7. The van der Waals surface area contributed by atoms with Crippen LogP contribution in [0.3, 0.4) is 0 Å². The van der Waals surface area contributed by atoms with Gasteiger partial charge < -0.3 is 19.4 Å². The van der Waals surface area contributed by atoms with Crippen LogP contribution < -0.4 is 0 Å². The zero-order valence-electron chi connectivity index (χ0n) is 15.7. The number of H-pyrrole nitrogens is 1. The number of hydrogen-bond acceptors (Lipinski definition) is 4. The molecule has 1 aliphatic heterocycles. The second-order valence-electron chi connectivity index (χ2n) is 6.88. The number of ether oxygens (including phenoxy) is 2. The first-order valence-electron chi connectivity index (χ1n) is 9.27. The van der Waals surface area contributed by atoms with Crippen LogP contribution in [-0.4, -0.2) is 42.0 Å². The minimum Gasteiger partial charge on any atom is -0.465 e. The van der Waals surface area contributed by atoms with E-state index in [9.17, 15) is 9.59 Å². The Bertz CT molecular complexity index is 1010. The Hall–Kier alpha value is -3.12. The average molecular weight is 378 g/mol. The first-order valence-corrected chi connectivity index (χ1v) is 9.27. The highest BCUT2D eigenvalue weighted by Gasteiger charge is 2.24. The lowest BCUT2D eigenvalue weighted by Gasteiger charge is -2.27. The number of aromatic nitrogens is 1. The Balaban J connectivity index is 1.45. The number of amides is 1. The SMILES string of the molecule is COC(=O)c1ccc2[nH]c3c(c2c1)CN(C(=O)COCc1ccccc1)CC3. The molecule has 1 aliphatic rings. The van der Waals surface area contributed by atoms with Crippen LogP contribution in [0.1, 0.15) is 27.2 Å². The Morgan fingerprint density at radius 3 is 2.75 bits per heavy atom. The smallest absolute Gasteiger partial charge is 0.337 e. The lowest BCUT2D eigenvalue weighted by Crippen LogP contribution is -2.38. The van der Waals surface area contributed by atoms with Gasteiger partial charge in [0, 0.05) is 41.7 Å². The summed E-state index contributed by atoms with van der Waals surface area (Å²) in [6.45, 7) is 1.63. The fourth-order valence-electron chi connectivity index (χ4n) is 3.59. The number of carbonyl (C=O) groups is 2. The van der Waals surface area contributed by atoms with E-state index in [0.29, 0.717) is 25.3 Å². The molecule has 1 aromatic heterocycles. The molecule has 0 fully saturated rings. The molecule has 0 saturated heterocycles. The number of aromatic amines is 1. The van der Waals surface area contributed by atoms with Crippen LogP contribution in [0.25, 0.3) is 10.9 Å². The second-order valence-corrected chi connectivity index (χ2v) is 6.88. The summed E-state index contributed by atoms with van der Waals surface area (Å²) >= 11 is 0. The number of methoxy groups -OCH3 is 1. The van der Waals surface area contributed by atoms with Crippen molar-refractivity contribution in [1.29, 1.82) is 0 Å². The number of nitrogens with zero attached hydrogens (tertiary/aromatic N) is 1. The predicted octanol–water partition coefficient (Wildman–Crippen LogP) is 3.06. The van der Waals surface area contributed by atoms with Gasteiger partial charge in [-0.15, -0.1) is 0 Å². The Morgan fingerprint density at radius 2 is 1.96 bits per heavy atom. The molecular formula is C22H22N2O4. The van der Waals surface area contributed by atoms with E-state index in [1.807, 2.05) is 47.4 Å². The molecule has 0 spiro atoms. The zero-order valence-corrected chi connectivity index (χ0v) is 15.7. The van der Waals surface area contributed by atoms with Gasteiger partial charge in [0.2, 0.25) is 5.91 Å². The number of carbonyl (C=O) groups excluding carboxylic acids is 2. The van der Waals surface area contributed by atoms with Crippen LogP contribution in [0, 0.1) is 0 Å². The minimum atomic E-state index is -0.366. The molecule has 0 saturated carbocycles. The highest BCUT2D eigenvalue weighted by molar-refractivity contribution is 5.96. The molecule has 1 N–H and O–H groups in total. The van der Waals surface area contributed by atoms with E-state index in [-0.39, 0.29) is 18.5 Å². The van der Waals surface area contributed by atoms with Crippen LogP contribution in [0.15, 0.2) is 48.5 Å². The maximum atomic E-state index is 12.6. The molecule has 4 rings (SSSR count). The number of hydrogen-bond donors (Lipinski definition) is 1. The largest absolute Gasteiger partial charge is 0.465 e. The number of fused-ring (bicyclic) bond motifs is 3. The molecule has 144 valence electrons. The molecule has 0 atom stereocenters. The summed E-state index contributed by atoms with van der Waals surface area (Å²) in [4.78, 5) is 29.6. The number of nitrogens with one attached hydrogen (secondary N) is 1. The third kappa shape index (κ3) is 3.64. The average Bonchev–Trinajstić information content (AvgIpc) is 3.11. The summed E-state index contributed by atoms with van der Waals surface area (Å²) in [5, 5.41) is 0.959. The van der Waals surface area contributed by atoms with Crippen molar-refractivity contribution in [3.8, 4) is 0 Å². The van der Waals surface area contributed by atoms with Crippen molar-refractivity contribution >= 4 is 22.8 Å². The zero-order chi connectivity index (χ0) is 19.5. The van der Waals surface area contributed by atoms with E-state index in [1.165, 1.54) is 7.11 Å². The molecule has 6 heteroatoms. The monoisotopic (exact) mass is 378 g/mol. The van der Waals surface area contributed by atoms with Gasteiger partial charge in [-0.3, -0.25) is 4.79 Å². The standard InChI is InChI=1S/C22H22N2O4/c1-27-22(26)16-7-8-19-17(11-16)18-12-24(10-9-20(18)23-19)21(25)14-28-13-15-5-3-2-4-6-15/h2-8,11,23H,9-10,12-14H2,1H3. The van der Waals surface area contributed by atoms with Crippen LogP contribution in [0.4, 0.5) is 0 Å². The third-order valence-electron chi connectivity index (χ3n) is 5.09. The van der Waals surface area contributed by atoms with Gasteiger partial charge in [-0.25, -0.2) is 4.79 Å². The van der Waals surface area contributed by atoms with E-state index in [2.05, 4.69) is 4.98 Å². The fourth-order valence-corrected chi connectivity index (χ4v) is 3.59. The van der Waals surface area contributed by atoms with Crippen LogP contribution in [0.5, 0.6) is 0 Å². The summed E-state index contributed by atoms with van der Waals surface area (Å²) in [5.41, 5.74) is 4.69. The Kier molecular flexibility index (Phi) is 5.12. The van der Waals surface area contributed by atoms with Crippen molar-refractivity contribution in [1.82, 2.24) is 9.88 Å². The molecule has 2 heterocycles. The maximum absolute atomic E-state index is 12.6. The molecule has 0 bridgehead atoms. The van der Waals surface area contributed by atoms with E-state index in [4.69, 9.17) is 9.47 Å². The summed E-state index contributed by atoms with van der Waals surface area (Å²) in [6.07, 6.45) is 0.752. The Morgan fingerprint density at radius 1 is 1.14 bits per heavy atom. The molecule has 0 unspecified atom stereocenters. The van der Waals surface area contributed by atoms with Crippen molar-refractivity contribution in [2.45, 2.75) is 19.6 Å². The number of rotatable bonds is 5. The molecule has 3 aromatic rings. The molecule has 0 radical (unpaired) electrons. The van der Waals surface area contributed by atoms with Crippen LogP contribution in [0.2, 0.25) is 0 Å². The maximum Gasteiger partial charge on any atom is 0.337 e. The summed E-state index contributed by atoms with van der Waals surface area (Å²) in [5.74, 6) is -0.394. The summed E-state index contributed by atoms with van der Waals surface area (Å²) in [6, 6.07) is 15.3. The van der Waals surface area contributed by atoms with Gasteiger partial charge in [0.05, 0.1) is 19.3 Å². The van der Waals surface area contributed by atoms with Gasteiger partial charge in [-0.05, 0) is 23.8 Å². The first kappa shape index (κ1) is 18.3. The molecule has 28 heavy (non-hydrogen) atoms. The van der Waals surface area contributed by atoms with Crippen LogP contribution >= 0.6 is 0 Å². The molecular weight excluding hydrogens is 356 g/mol. The van der Waals surface area contributed by atoms with Crippen molar-refractivity contribution in [2.24, 2.45) is 0 Å². The quantitative estimate of drug-likeness (QED) is 0.693. The topological polar surface area (TPSA) is 71.6 Å². The highest BCUT2D eigenvalue weighted by atomic mass is 16.5. The lowest BCUT2D eigenvalue weighted by atomic mass is 10.0. The van der Waals surface area contributed by atoms with Crippen molar-refractivity contribution in [3.63, 3.8) is 0 Å². The van der Waals surface area contributed by atoms with Gasteiger partial charge in [0.15, 0.2) is 0 Å². The molecule has 6 nitrogen and oxygen atoms in total. The van der Waals surface area contributed by atoms with Gasteiger partial charge in [-0.1, -0.05) is 30.3 Å². The highest BCUT2D eigenvalue weighted by Crippen LogP contribution is 2.29. The van der Waals surface area contributed by atoms with E-state index >= 15 is 0 Å². The van der Waals surface area contributed by atoms with Gasteiger partial charge >= 0.3 is 5.97 Å². The number of benzene rings is 2. The summed E-state index contributed by atoms with van der Waals surface area (Å²) < 4.78 is 10.4. The van der Waals surface area contributed by atoms with Crippen LogP contribution in [-0.2, 0) is 33.8 Å². The molecule has 2 aromatic carbocycles. The van der Waals surface area contributed by atoms with Crippen molar-refractivity contribution in [3.05, 3.63) is 70.9 Å². The van der Waals surface area contributed by atoms with E-state index in [1.54, 1.807) is 6.07 Å².